The van der Waals surface area contributed by atoms with E-state index in [1.165, 1.54) is 25.1 Å². The number of rotatable bonds is 5. The summed E-state index contributed by atoms with van der Waals surface area (Å²) in [6.45, 7) is 0. The molecule has 0 spiro atoms. The molecule has 0 atom stereocenters. The number of methoxy groups -OCH3 is 3. The van der Waals surface area contributed by atoms with Crippen LogP contribution in [0, 0.1) is 0 Å². The van der Waals surface area contributed by atoms with Crippen molar-refractivity contribution < 1.29 is 19.0 Å². The molecule has 106 valence electrons. The SMILES string of the molecule is COc1ccc(OC)c(C(=O)c2c(OC)cnn2C)c1. The van der Waals surface area contributed by atoms with Crippen molar-refractivity contribution in [1.29, 1.82) is 0 Å². The van der Waals surface area contributed by atoms with E-state index in [2.05, 4.69) is 5.10 Å². The van der Waals surface area contributed by atoms with Crippen molar-refractivity contribution in [2.75, 3.05) is 21.3 Å². The van der Waals surface area contributed by atoms with Gasteiger partial charge < -0.3 is 14.2 Å². The molecule has 2 aromatic rings. The van der Waals surface area contributed by atoms with Crippen LogP contribution in [0.5, 0.6) is 17.2 Å². The zero-order valence-corrected chi connectivity index (χ0v) is 11.8. The van der Waals surface area contributed by atoms with E-state index in [1.54, 1.807) is 32.4 Å². The molecule has 1 heterocycles. The summed E-state index contributed by atoms with van der Waals surface area (Å²) in [5, 5.41) is 4.03. The molecule has 0 aliphatic heterocycles. The first-order valence-electron chi connectivity index (χ1n) is 5.95. The summed E-state index contributed by atoms with van der Waals surface area (Å²) in [7, 11) is 6.23. The van der Waals surface area contributed by atoms with Gasteiger partial charge in [0.1, 0.15) is 11.5 Å². The number of carbonyl (C=O) groups is 1. The first-order chi connectivity index (χ1) is 9.62. The van der Waals surface area contributed by atoms with Gasteiger partial charge in [0.2, 0.25) is 5.78 Å². The van der Waals surface area contributed by atoms with Gasteiger partial charge in [-0.15, -0.1) is 0 Å². The summed E-state index contributed by atoms with van der Waals surface area (Å²) in [6, 6.07) is 5.05. The number of hydrogen-bond donors (Lipinski definition) is 0. The van der Waals surface area contributed by atoms with E-state index in [1.807, 2.05) is 0 Å². The van der Waals surface area contributed by atoms with Crippen LogP contribution in [0.1, 0.15) is 16.1 Å². The predicted molar refractivity (Wildman–Crippen MR) is 72.7 cm³/mol. The second-order valence-electron chi connectivity index (χ2n) is 4.08. The molecule has 20 heavy (non-hydrogen) atoms. The van der Waals surface area contributed by atoms with Gasteiger partial charge >= 0.3 is 0 Å². The molecule has 0 bridgehead atoms. The zero-order chi connectivity index (χ0) is 14.7. The van der Waals surface area contributed by atoms with Gasteiger partial charge in [0.05, 0.1) is 33.1 Å². The molecule has 0 aliphatic rings. The molecule has 6 heteroatoms. The number of ether oxygens (including phenoxy) is 3. The number of aryl methyl sites for hydroxylation is 1. The highest BCUT2D eigenvalue weighted by molar-refractivity contribution is 6.11. The van der Waals surface area contributed by atoms with Crippen LogP contribution in [0.15, 0.2) is 24.4 Å². The van der Waals surface area contributed by atoms with Crippen molar-refractivity contribution in [2.45, 2.75) is 0 Å². The van der Waals surface area contributed by atoms with E-state index >= 15 is 0 Å². The maximum atomic E-state index is 12.7. The fourth-order valence-corrected chi connectivity index (χ4v) is 1.94. The second-order valence-corrected chi connectivity index (χ2v) is 4.08. The fourth-order valence-electron chi connectivity index (χ4n) is 1.94. The Balaban J connectivity index is 2.54. The third kappa shape index (κ3) is 2.32. The number of ketones is 1. The molecule has 1 aromatic heterocycles. The van der Waals surface area contributed by atoms with Crippen molar-refractivity contribution in [1.82, 2.24) is 9.78 Å². The third-order valence-corrected chi connectivity index (χ3v) is 2.99. The van der Waals surface area contributed by atoms with Gasteiger partial charge in [-0.25, -0.2) is 0 Å². The first kappa shape index (κ1) is 13.9. The minimum atomic E-state index is -0.238. The highest BCUT2D eigenvalue weighted by Crippen LogP contribution is 2.29. The molecular formula is C14H16N2O4. The van der Waals surface area contributed by atoms with E-state index in [-0.39, 0.29) is 5.78 Å². The number of hydrogen-bond acceptors (Lipinski definition) is 5. The Morgan fingerprint density at radius 1 is 1.10 bits per heavy atom. The van der Waals surface area contributed by atoms with Crippen molar-refractivity contribution >= 4 is 5.78 Å². The third-order valence-electron chi connectivity index (χ3n) is 2.99. The van der Waals surface area contributed by atoms with Crippen LogP contribution in [0.25, 0.3) is 0 Å². The maximum absolute atomic E-state index is 12.7. The Hall–Kier alpha value is -2.50. The second kappa shape index (κ2) is 5.64. The first-order valence-corrected chi connectivity index (χ1v) is 5.95. The van der Waals surface area contributed by atoms with E-state index in [0.717, 1.165) is 0 Å². The monoisotopic (exact) mass is 276 g/mol. The molecule has 0 aliphatic carbocycles. The lowest BCUT2D eigenvalue weighted by Gasteiger charge is -2.10. The number of carbonyl (C=O) groups excluding carboxylic acids is 1. The van der Waals surface area contributed by atoms with Crippen molar-refractivity contribution in [3.8, 4) is 17.2 Å². The predicted octanol–water partition coefficient (Wildman–Crippen LogP) is 1.68. The Kier molecular flexibility index (Phi) is 3.93. The van der Waals surface area contributed by atoms with Crippen molar-refractivity contribution in [3.05, 3.63) is 35.7 Å². The molecule has 0 radical (unpaired) electrons. The maximum Gasteiger partial charge on any atom is 0.218 e. The van der Waals surface area contributed by atoms with Crippen LogP contribution in [0.3, 0.4) is 0 Å². The zero-order valence-electron chi connectivity index (χ0n) is 11.8. The highest BCUT2D eigenvalue weighted by atomic mass is 16.5. The normalized spacial score (nSPS) is 10.2. The molecule has 0 saturated carbocycles. The quantitative estimate of drug-likeness (QED) is 0.777. The molecular weight excluding hydrogens is 260 g/mol. The lowest BCUT2D eigenvalue weighted by Crippen LogP contribution is -2.11. The van der Waals surface area contributed by atoms with Crippen LogP contribution in [-0.4, -0.2) is 36.9 Å². The van der Waals surface area contributed by atoms with E-state index in [0.29, 0.717) is 28.5 Å². The summed E-state index contributed by atoms with van der Waals surface area (Å²) in [5.74, 6) is 1.23. The average Bonchev–Trinajstić information content (AvgIpc) is 2.86. The van der Waals surface area contributed by atoms with Gasteiger partial charge in [0.15, 0.2) is 11.4 Å². The Labute approximate surface area is 116 Å². The average molecular weight is 276 g/mol. The summed E-state index contributed by atoms with van der Waals surface area (Å²) in [4.78, 5) is 12.7. The van der Waals surface area contributed by atoms with Gasteiger partial charge in [0.25, 0.3) is 0 Å². The summed E-state index contributed by atoms with van der Waals surface area (Å²) in [6.07, 6.45) is 1.50. The number of benzene rings is 1. The largest absolute Gasteiger partial charge is 0.497 e. The topological polar surface area (TPSA) is 62.6 Å². The van der Waals surface area contributed by atoms with E-state index < -0.39 is 0 Å². The van der Waals surface area contributed by atoms with Gasteiger partial charge in [-0.3, -0.25) is 9.48 Å². The smallest absolute Gasteiger partial charge is 0.218 e. The van der Waals surface area contributed by atoms with Crippen LogP contribution in [0.2, 0.25) is 0 Å². The molecule has 6 nitrogen and oxygen atoms in total. The lowest BCUT2D eigenvalue weighted by molar-refractivity contribution is 0.102. The fraction of sp³-hybridized carbons (Fsp3) is 0.286. The molecule has 0 N–H and O–H groups in total. The van der Waals surface area contributed by atoms with Crippen molar-refractivity contribution in [2.24, 2.45) is 7.05 Å². The minimum Gasteiger partial charge on any atom is -0.497 e. The van der Waals surface area contributed by atoms with Crippen LogP contribution in [0.4, 0.5) is 0 Å². The highest BCUT2D eigenvalue weighted by Gasteiger charge is 2.23. The molecule has 0 fully saturated rings. The van der Waals surface area contributed by atoms with Crippen LogP contribution in [-0.2, 0) is 7.05 Å². The van der Waals surface area contributed by atoms with E-state index in [4.69, 9.17) is 14.2 Å². The molecule has 0 unspecified atom stereocenters. The van der Waals surface area contributed by atoms with Crippen LogP contribution >= 0.6 is 0 Å². The standard InChI is InChI=1S/C14H16N2O4/c1-16-13(12(20-4)8-15-16)14(17)10-7-9(18-2)5-6-11(10)19-3/h5-8H,1-4H3. The summed E-state index contributed by atoms with van der Waals surface area (Å²) >= 11 is 0. The molecule has 0 saturated heterocycles. The van der Waals surface area contributed by atoms with Crippen molar-refractivity contribution in [3.63, 3.8) is 0 Å². The molecule has 1 aromatic carbocycles. The Morgan fingerprint density at radius 3 is 2.40 bits per heavy atom. The number of aromatic nitrogens is 2. The van der Waals surface area contributed by atoms with E-state index in [9.17, 15) is 4.79 Å². The molecule has 2 rings (SSSR count). The van der Waals surface area contributed by atoms with Crippen LogP contribution < -0.4 is 14.2 Å². The van der Waals surface area contributed by atoms with Gasteiger partial charge in [0, 0.05) is 7.05 Å². The van der Waals surface area contributed by atoms with Gasteiger partial charge in [-0.1, -0.05) is 0 Å². The lowest BCUT2D eigenvalue weighted by atomic mass is 10.1. The minimum absolute atomic E-state index is 0.238. The Bertz CT molecular complexity index is 634. The molecule has 0 amide bonds. The van der Waals surface area contributed by atoms with Gasteiger partial charge in [-0.2, -0.15) is 5.10 Å². The van der Waals surface area contributed by atoms with Gasteiger partial charge in [-0.05, 0) is 18.2 Å². The Morgan fingerprint density at radius 2 is 1.80 bits per heavy atom. The number of nitrogens with zero attached hydrogens (tertiary/aromatic N) is 2. The summed E-state index contributed by atoms with van der Waals surface area (Å²) in [5.41, 5.74) is 0.757. The summed E-state index contributed by atoms with van der Waals surface area (Å²) < 4.78 is 17.0.